The van der Waals surface area contributed by atoms with Crippen molar-refractivity contribution in [1.29, 1.82) is 0 Å². The van der Waals surface area contributed by atoms with Crippen LogP contribution >= 0.6 is 11.3 Å². The molecule has 0 radical (unpaired) electrons. The number of hydrogen-bond acceptors (Lipinski definition) is 2. The summed E-state index contributed by atoms with van der Waals surface area (Å²) >= 11 is 1.76. The van der Waals surface area contributed by atoms with Gasteiger partial charge in [-0.05, 0) is 35.2 Å². The molecule has 16 heavy (non-hydrogen) atoms. The summed E-state index contributed by atoms with van der Waals surface area (Å²) in [4.78, 5) is 6.52. The molecular formula is C13H11NOS. The molecule has 3 heteroatoms. The predicted octanol–water partition coefficient (Wildman–Crippen LogP) is 3.43. The van der Waals surface area contributed by atoms with Gasteiger partial charge in [-0.25, -0.2) is 0 Å². The van der Waals surface area contributed by atoms with Crippen molar-refractivity contribution in [3.8, 4) is 10.4 Å². The lowest BCUT2D eigenvalue weighted by molar-refractivity contribution is 0.179. The van der Waals surface area contributed by atoms with Crippen LogP contribution in [0.25, 0.3) is 21.3 Å². The minimum atomic E-state index is 1.10. The van der Waals surface area contributed by atoms with E-state index >= 15 is 0 Å². The van der Waals surface area contributed by atoms with Crippen molar-refractivity contribution in [2.45, 2.75) is 0 Å². The number of hydrogen-bond donors (Lipinski definition) is 0. The molecule has 3 rings (SSSR count). The third-order valence-electron chi connectivity index (χ3n) is 2.66. The third-order valence-corrected chi connectivity index (χ3v) is 3.58. The summed E-state index contributed by atoms with van der Waals surface area (Å²) in [6.45, 7) is 0. The summed E-state index contributed by atoms with van der Waals surface area (Å²) in [5.41, 5.74) is 2.36. The van der Waals surface area contributed by atoms with Gasteiger partial charge in [0.15, 0.2) is 0 Å². The molecule has 80 valence electrons. The number of benzene rings is 1. The fourth-order valence-corrected chi connectivity index (χ4v) is 2.60. The second-order valence-electron chi connectivity index (χ2n) is 3.58. The van der Waals surface area contributed by atoms with Gasteiger partial charge in [-0.15, -0.1) is 11.3 Å². The van der Waals surface area contributed by atoms with Gasteiger partial charge in [0.1, 0.15) is 7.11 Å². The van der Waals surface area contributed by atoms with Crippen LogP contribution in [0.4, 0.5) is 0 Å². The van der Waals surface area contributed by atoms with Crippen LogP contribution in [-0.2, 0) is 0 Å². The summed E-state index contributed by atoms with van der Waals surface area (Å²) in [7, 11) is 1.67. The molecular weight excluding hydrogens is 218 g/mol. The minimum absolute atomic E-state index is 1.10. The molecule has 0 aliphatic carbocycles. The van der Waals surface area contributed by atoms with Crippen molar-refractivity contribution in [2.24, 2.45) is 0 Å². The lowest BCUT2D eigenvalue weighted by Gasteiger charge is -2.02. The van der Waals surface area contributed by atoms with E-state index in [-0.39, 0.29) is 0 Å². The van der Waals surface area contributed by atoms with E-state index in [0.717, 1.165) is 5.52 Å². The largest absolute Gasteiger partial charge is 0.417 e. The highest BCUT2D eigenvalue weighted by molar-refractivity contribution is 7.13. The fourth-order valence-electron chi connectivity index (χ4n) is 1.87. The van der Waals surface area contributed by atoms with Gasteiger partial charge < -0.3 is 4.84 Å². The van der Waals surface area contributed by atoms with Crippen molar-refractivity contribution in [2.75, 3.05) is 7.11 Å². The van der Waals surface area contributed by atoms with Gasteiger partial charge in [0.05, 0.1) is 5.52 Å². The number of fused-ring (bicyclic) bond motifs is 1. The lowest BCUT2D eigenvalue weighted by atomic mass is 10.1. The third kappa shape index (κ3) is 1.41. The number of aromatic nitrogens is 1. The molecule has 0 fully saturated rings. The second-order valence-corrected chi connectivity index (χ2v) is 4.52. The monoisotopic (exact) mass is 229 g/mol. The first-order valence-corrected chi connectivity index (χ1v) is 5.96. The van der Waals surface area contributed by atoms with Gasteiger partial charge >= 0.3 is 0 Å². The van der Waals surface area contributed by atoms with Crippen LogP contribution in [-0.4, -0.2) is 11.8 Å². The smallest absolute Gasteiger partial charge is 0.104 e. The molecule has 2 aromatic heterocycles. The fraction of sp³-hybridized carbons (Fsp3) is 0.0769. The van der Waals surface area contributed by atoms with Gasteiger partial charge in [-0.2, -0.15) is 4.73 Å². The maximum atomic E-state index is 5.22. The molecule has 0 aliphatic heterocycles. The lowest BCUT2D eigenvalue weighted by Crippen LogP contribution is -2.02. The molecule has 0 amide bonds. The van der Waals surface area contributed by atoms with Gasteiger partial charge in [0.2, 0.25) is 0 Å². The van der Waals surface area contributed by atoms with Crippen LogP contribution in [0.5, 0.6) is 0 Å². The Kier molecular flexibility index (Phi) is 2.18. The minimum Gasteiger partial charge on any atom is -0.417 e. The van der Waals surface area contributed by atoms with Crippen molar-refractivity contribution >= 4 is 22.2 Å². The Morgan fingerprint density at radius 1 is 1.19 bits per heavy atom. The summed E-state index contributed by atoms with van der Waals surface area (Å²) < 4.78 is 1.77. The van der Waals surface area contributed by atoms with Crippen LogP contribution in [0.1, 0.15) is 0 Å². The molecule has 1 aromatic carbocycles. The Morgan fingerprint density at radius 3 is 2.88 bits per heavy atom. The quantitative estimate of drug-likeness (QED) is 0.656. The molecule has 0 atom stereocenters. The molecule has 0 spiro atoms. The summed E-state index contributed by atoms with van der Waals surface area (Å²) in [5.74, 6) is 0. The Bertz CT molecular complexity index is 610. The molecule has 0 saturated carbocycles. The highest BCUT2D eigenvalue weighted by atomic mass is 32.1. The van der Waals surface area contributed by atoms with E-state index in [1.807, 2.05) is 6.20 Å². The van der Waals surface area contributed by atoms with E-state index in [4.69, 9.17) is 4.84 Å². The predicted molar refractivity (Wildman–Crippen MR) is 67.8 cm³/mol. The summed E-state index contributed by atoms with van der Waals surface area (Å²) in [5, 5.41) is 3.30. The zero-order chi connectivity index (χ0) is 11.0. The van der Waals surface area contributed by atoms with E-state index in [2.05, 4.69) is 41.8 Å². The average molecular weight is 229 g/mol. The zero-order valence-electron chi connectivity index (χ0n) is 8.88. The first-order chi connectivity index (χ1) is 7.88. The van der Waals surface area contributed by atoms with E-state index in [0.29, 0.717) is 0 Å². The van der Waals surface area contributed by atoms with Crippen molar-refractivity contribution in [3.63, 3.8) is 0 Å². The molecule has 2 nitrogen and oxygen atoms in total. The second kappa shape index (κ2) is 3.68. The van der Waals surface area contributed by atoms with Crippen LogP contribution in [0.2, 0.25) is 0 Å². The Morgan fingerprint density at radius 2 is 2.12 bits per heavy atom. The summed E-state index contributed by atoms with van der Waals surface area (Å²) in [6.07, 6.45) is 1.93. The Balaban J connectivity index is 2.17. The number of rotatable bonds is 2. The molecule has 0 N–H and O–H groups in total. The van der Waals surface area contributed by atoms with E-state index in [9.17, 15) is 0 Å². The molecule has 2 heterocycles. The van der Waals surface area contributed by atoms with Crippen LogP contribution in [0.3, 0.4) is 0 Å². The highest BCUT2D eigenvalue weighted by Gasteiger charge is 2.03. The van der Waals surface area contributed by atoms with E-state index in [1.54, 1.807) is 23.2 Å². The molecule has 0 aliphatic rings. The molecule has 0 unspecified atom stereocenters. The van der Waals surface area contributed by atoms with Gasteiger partial charge in [0, 0.05) is 16.5 Å². The maximum Gasteiger partial charge on any atom is 0.104 e. The number of thiophene rings is 1. The normalized spacial score (nSPS) is 10.8. The molecule has 3 aromatic rings. The van der Waals surface area contributed by atoms with Crippen LogP contribution in [0, 0.1) is 0 Å². The number of nitrogens with zero attached hydrogens (tertiary/aromatic N) is 1. The van der Waals surface area contributed by atoms with Crippen molar-refractivity contribution < 1.29 is 4.84 Å². The topological polar surface area (TPSA) is 14.2 Å². The van der Waals surface area contributed by atoms with E-state index in [1.165, 1.54) is 15.8 Å². The first-order valence-electron chi connectivity index (χ1n) is 5.08. The molecule has 0 saturated heterocycles. The first kappa shape index (κ1) is 9.48. The van der Waals surface area contributed by atoms with Gasteiger partial charge in [0.25, 0.3) is 0 Å². The SMILES string of the molecule is COn1ccc2cc(-c3cccs3)ccc21. The average Bonchev–Trinajstić information content (AvgIpc) is 2.97. The van der Waals surface area contributed by atoms with E-state index < -0.39 is 0 Å². The maximum absolute atomic E-state index is 5.22. The molecule has 0 bridgehead atoms. The zero-order valence-corrected chi connectivity index (χ0v) is 9.70. The van der Waals surface area contributed by atoms with Crippen molar-refractivity contribution in [3.05, 3.63) is 48.0 Å². The van der Waals surface area contributed by atoms with Crippen LogP contribution < -0.4 is 4.84 Å². The summed E-state index contributed by atoms with van der Waals surface area (Å²) in [6, 6.07) is 12.7. The van der Waals surface area contributed by atoms with Crippen molar-refractivity contribution in [1.82, 2.24) is 4.73 Å². The van der Waals surface area contributed by atoms with Crippen LogP contribution in [0.15, 0.2) is 48.0 Å². The Labute approximate surface area is 97.7 Å². The highest BCUT2D eigenvalue weighted by Crippen LogP contribution is 2.28. The van der Waals surface area contributed by atoms with Gasteiger partial charge in [-0.3, -0.25) is 0 Å². The Hall–Kier alpha value is -1.74. The van der Waals surface area contributed by atoms with Gasteiger partial charge in [-0.1, -0.05) is 12.1 Å². The standard InChI is InChI=1S/C13H11NOS/c1-15-14-7-6-10-9-11(4-5-12(10)14)13-3-2-8-16-13/h2-9H,1H3.